The lowest BCUT2D eigenvalue weighted by Gasteiger charge is -2.43. The molecular formula is C15H19N3. The van der Waals surface area contributed by atoms with Gasteiger partial charge in [0.1, 0.15) is 0 Å². The van der Waals surface area contributed by atoms with Gasteiger partial charge in [0.25, 0.3) is 0 Å². The Morgan fingerprint density at radius 1 is 1.28 bits per heavy atom. The molecule has 3 heteroatoms. The van der Waals surface area contributed by atoms with Crippen molar-refractivity contribution in [3.63, 3.8) is 0 Å². The van der Waals surface area contributed by atoms with Crippen molar-refractivity contribution in [3.05, 3.63) is 30.6 Å². The molecular weight excluding hydrogens is 222 g/mol. The zero-order valence-electron chi connectivity index (χ0n) is 10.7. The summed E-state index contributed by atoms with van der Waals surface area (Å²) in [4.78, 5) is 4.16. The van der Waals surface area contributed by atoms with Gasteiger partial charge in [-0.25, -0.2) is 0 Å². The molecule has 3 nitrogen and oxygen atoms in total. The number of nitrogens with two attached hydrogens (primary N) is 1. The number of pyridine rings is 1. The van der Waals surface area contributed by atoms with Crippen molar-refractivity contribution < 1.29 is 0 Å². The number of benzene rings is 1. The molecule has 1 saturated carbocycles. The molecule has 0 spiro atoms. The summed E-state index contributed by atoms with van der Waals surface area (Å²) in [6.45, 7) is 2.26. The smallest absolute Gasteiger partial charge is 0.0426 e. The lowest BCUT2D eigenvalue weighted by molar-refractivity contribution is 0.270. The van der Waals surface area contributed by atoms with E-state index in [9.17, 15) is 0 Å². The van der Waals surface area contributed by atoms with Crippen LogP contribution in [0.5, 0.6) is 0 Å². The van der Waals surface area contributed by atoms with Crippen LogP contribution in [-0.4, -0.2) is 10.5 Å². The zero-order valence-corrected chi connectivity index (χ0v) is 10.7. The van der Waals surface area contributed by atoms with E-state index in [2.05, 4.69) is 23.3 Å². The van der Waals surface area contributed by atoms with E-state index < -0.39 is 0 Å². The van der Waals surface area contributed by atoms with Crippen molar-refractivity contribution >= 4 is 22.1 Å². The molecule has 0 atom stereocenters. The Morgan fingerprint density at radius 3 is 2.78 bits per heavy atom. The molecule has 1 heterocycles. The summed E-state index contributed by atoms with van der Waals surface area (Å²) in [5.74, 6) is 0. The van der Waals surface area contributed by atoms with Gasteiger partial charge < -0.3 is 11.1 Å². The van der Waals surface area contributed by atoms with Crippen LogP contribution in [0.15, 0.2) is 30.6 Å². The van der Waals surface area contributed by atoms with E-state index in [1.54, 1.807) is 0 Å². The van der Waals surface area contributed by atoms with E-state index in [-0.39, 0.29) is 0 Å². The van der Waals surface area contributed by atoms with E-state index in [4.69, 9.17) is 5.73 Å². The first-order valence-corrected chi connectivity index (χ1v) is 6.64. The maximum atomic E-state index is 6.00. The highest BCUT2D eigenvalue weighted by Gasteiger charge is 2.35. The minimum absolute atomic E-state index is 0.298. The number of hydrogen-bond acceptors (Lipinski definition) is 3. The zero-order chi connectivity index (χ0) is 12.6. The predicted octanol–water partition coefficient (Wildman–Crippen LogP) is 3.56. The van der Waals surface area contributed by atoms with Gasteiger partial charge in [-0.15, -0.1) is 0 Å². The minimum Gasteiger partial charge on any atom is -0.398 e. The van der Waals surface area contributed by atoms with Crippen molar-refractivity contribution in [2.24, 2.45) is 0 Å². The molecule has 1 aromatic heterocycles. The average Bonchev–Trinajstić information content (AvgIpc) is 2.37. The maximum absolute atomic E-state index is 6.00. The molecule has 1 aromatic carbocycles. The van der Waals surface area contributed by atoms with E-state index in [1.165, 1.54) is 36.8 Å². The van der Waals surface area contributed by atoms with E-state index in [0.717, 1.165) is 11.1 Å². The fourth-order valence-corrected chi connectivity index (χ4v) is 2.78. The fraction of sp³-hybridized carbons (Fsp3) is 0.400. The first kappa shape index (κ1) is 11.3. The van der Waals surface area contributed by atoms with Gasteiger partial charge in [-0.3, -0.25) is 4.98 Å². The summed E-state index contributed by atoms with van der Waals surface area (Å²) in [6, 6.07) is 6.10. The normalized spacial score (nSPS) is 17.4. The van der Waals surface area contributed by atoms with Crippen LogP contribution in [0.25, 0.3) is 10.8 Å². The van der Waals surface area contributed by atoms with E-state index in [1.807, 2.05) is 24.5 Å². The molecule has 94 valence electrons. The highest BCUT2D eigenvalue weighted by molar-refractivity contribution is 6.00. The fourth-order valence-electron chi connectivity index (χ4n) is 2.78. The van der Waals surface area contributed by atoms with Gasteiger partial charge in [-0.2, -0.15) is 0 Å². The molecule has 0 aliphatic heterocycles. The van der Waals surface area contributed by atoms with Crippen LogP contribution in [0.2, 0.25) is 0 Å². The lowest BCUT2D eigenvalue weighted by Crippen LogP contribution is -2.44. The van der Waals surface area contributed by atoms with Gasteiger partial charge in [-0.1, -0.05) is 6.92 Å². The molecule has 0 unspecified atom stereocenters. The summed E-state index contributed by atoms with van der Waals surface area (Å²) >= 11 is 0. The number of nitrogens with zero attached hydrogens (tertiary/aromatic N) is 1. The SMILES string of the molecule is CCC1(Nc2ccc(N)c3cnccc23)CCC1. The molecule has 0 bridgehead atoms. The number of fused-ring (bicyclic) bond motifs is 1. The Labute approximate surface area is 107 Å². The lowest BCUT2D eigenvalue weighted by atomic mass is 9.74. The van der Waals surface area contributed by atoms with Gasteiger partial charge in [0, 0.05) is 40.1 Å². The van der Waals surface area contributed by atoms with Crippen LogP contribution < -0.4 is 11.1 Å². The minimum atomic E-state index is 0.298. The summed E-state index contributed by atoms with van der Waals surface area (Å²) < 4.78 is 0. The van der Waals surface area contributed by atoms with Gasteiger partial charge in [-0.05, 0) is 43.9 Å². The van der Waals surface area contributed by atoms with E-state index in [0.29, 0.717) is 5.54 Å². The standard InChI is InChI=1S/C15H19N3/c1-2-15(7-3-8-15)18-14-5-4-13(16)12-10-17-9-6-11(12)14/h4-6,9-10,18H,2-3,7-8,16H2,1H3. The van der Waals surface area contributed by atoms with Crippen LogP contribution in [0.4, 0.5) is 11.4 Å². The third-order valence-corrected chi connectivity index (χ3v) is 4.24. The van der Waals surface area contributed by atoms with Crippen LogP contribution in [0.1, 0.15) is 32.6 Å². The second-order valence-electron chi connectivity index (χ2n) is 5.24. The van der Waals surface area contributed by atoms with Crippen LogP contribution in [0, 0.1) is 0 Å². The highest BCUT2D eigenvalue weighted by atomic mass is 15.0. The molecule has 3 N–H and O–H groups in total. The van der Waals surface area contributed by atoms with Crippen molar-refractivity contribution in [2.75, 3.05) is 11.1 Å². The average molecular weight is 241 g/mol. The molecule has 1 aliphatic rings. The molecule has 18 heavy (non-hydrogen) atoms. The van der Waals surface area contributed by atoms with Crippen molar-refractivity contribution in [1.82, 2.24) is 4.98 Å². The first-order chi connectivity index (χ1) is 8.74. The molecule has 1 aliphatic carbocycles. The van der Waals surface area contributed by atoms with Crippen LogP contribution in [0.3, 0.4) is 0 Å². The van der Waals surface area contributed by atoms with Crippen molar-refractivity contribution in [3.8, 4) is 0 Å². The van der Waals surface area contributed by atoms with Crippen LogP contribution >= 0.6 is 0 Å². The molecule has 0 saturated heterocycles. The molecule has 0 amide bonds. The second kappa shape index (κ2) is 4.16. The van der Waals surface area contributed by atoms with Gasteiger partial charge in [0.05, 0.1) is 0 Å². The predicted molar refractivity (Wildman–Crippen MR) is 76.7 cm³/mol. The number of rotatable bonds is 3. The quantitative estimate of drug-likeness (QED) is 0.808. The molecule has 0 radical (unpaired) electrons. The number of nitrogens with one attached hydrogen (secondary N) is 1. The van der Waals surface area contributed by atoms with E-state index >= 15 is 0 Å². The Balaban J connectivity index is 2.04. The van der Waals surface area contributed by atoms with Crippen LogP contribution in [-0.2, 0) is 0 Å². The van der Waals surface area contributed by atoms with Crippen molar-refractivity contribution in [1.29, 1.82) is 0 Å². The Kier molecular flexibility index (Phi) is 2.62. The number of aromatic nitrogens is 1. The molecule has 2 aromatic rings. The first-order valence-electron chi connectivity index (χ1n) is 6.64. The summed E-state index contributed by atoms with van der Waals surface area (Å²) in [6.07, 6.45) is 8.70. The third-order valence-electron chi connectivity index (χ3n) is 4.24. The Morgan fingerprint density at radius 2 is 2.11 bits per heavy atom. The Bertz CT molecular complexity index is 567. The third kappa shape index (κ3) is 1.70. The monoisotopic (exact) mass is 241 g/mol. The Hall–Kier alpha value is -1.77. The summed E-state index contributed by atoms with van der Waals surface area (Å²) in [5.41, 5.74) is 8.28. The summed E-state index contributed by atoms with van der Waals surface area (Å²) in [7, 11) is 0. The maximum Gasteiger partial charge on any atom is 0.0426 e. The second-order valence-corrected chi connectivity index (χ2v) is 5.24. The topological polar surface area (TPSA) is 50.9 Å². The van der Waals surface area contributed by atoms with Gasteiger partial charge in [0.2, 0.25) is 0 Å². The highest BCUT2D eigenvalue weighted by Crippen LogP contribution is 2.40. The van der Waals surface area contributed by atoms with Crippen molar-refractivity contribution in [2.45, 2.75) is 38.1 Å². The molecule has 3 rings (SSSR count). The van der Waals surface area contributed by atoms with Gasteiger partial charge >= 0.3 is 0 Å². The largest absolute Gasteiger partial charge is 0.398 e. The summed E-state index contributed by atoms with van der Waals surface area (Å²) in [5, 5.41) is 5.93. The van der Waals surface area contributed by atoms with Gasteiger partial charge in [0.15, 0.2) is 0 Å². The number of anilines is 2. The molecule has 1 fully saturated rings. The number of nitrogen functional groups attached to an aromatic ring is 1. The number of hydrogen-bond donors (Lipinski definition) is 2.